The molecule has 0 bridgehead atoms. The van der Waals surface area contributed by atoms with Gasteiger partial charge in [-0.3, -0.25) is 0 Å². The van der Waals surface area contributed by atoms with E-state index in [1.54, 1.807) is 0 Å². The minimum Gasteiger partial charge on any atom is -0.346 e. The van der Waals surface area contributed by atoms with Gasteiger partial charge in [0.1, 0.15) is 5.65 Å². The fourth-order valence-corrected chi connectivity index (χ4v) is 2.39. The largest absolute Gasteiger partial charge is 0.346 e. The van der Waals surface area contributed by atoms with E-state index >= 15 is 0 Å². The zero-order valence-electron chi connectivity index (χ0n) is 11.0. The van der Waals surface area contributed by atoms with Gasteiger partial charge in [-0.2, -0.15) is 0 Å². The first-order valence-electron chi connectivity index (χ1n) is 6.50. The molecule has 0 saturated heterocycles. The number of nitrogens with one attached hydrogen (secondary N) is 2. The Morgan fingerprint density at radius 1 is 1.16 bits per heavy atom. The van der Waals surface area contributed by atoms with Crippen molar-refractivity contribution in [3.05, 3.63) is 65.5 Å². The molecule has 2 heterocycles. The van der Waals surface area contributed by atoms with Crippen LogP contribution in [0, 0.1) is 0 Å². The van der Waals surface area contributed by atoms with Crippen LogP contribution in [0.3, 0.4) is 0 Å². The van der Waals surface area contributed by atoms with Gasteiger partial charge >= 0.3 is 0 Å². The summed E-state index contributed by atoms with van der Waals surface area (Å²) in [5.41, 5.74) is 4.90. The molecule has 3 aromatic rings. The van der Waals surface area contributed by atoms with Crippen molar-refractivity contribution in [2.75, 3.05) is 7.05 Å². The monoisotopic (exact) mass is 251 g/mol. The van der Waals surface area contributed by atoms with Crippen LogP contribution in [0.15, 0.2) is 48.8 Å². The summed E-state index contributed by atoms with van der Waals surface area (Å²) in [6, 6.07) is 12.8. The second kappa shape index (κ2) is 5.24. The molecule has 2 N–H and O–H groups in total. The molecule has 96 valence electrons. The van der Waals surface area contributed by atoms with Crippen LogP contribution < -0.4 is 5.32 Å². The molecule has 0 unspecified atom stereocenters. The standard InChI is InChI=1S/C16H17N3/c1-17-11-15-5-3-2-4-13(15)8-12-9-14-6-7-18-16(14)19-10-12/h2-7,9-10,17H,8,11H2,1H3,(H,18,19). The van der Waals surface area contributed by atoms with E-state index in [2.05, 4.69) is 51.7 Å². The van der Waals surface area contributed by atoms with Crippen LogP contribution in [0.2, 0.25) is 0 Å². The highest BCUT2D eigenvalue weighted by Gasteiger charge is 2.04. The average molecular weight is 251 g/mol. The highest BCUT2D eigenvalue weighted by molar-refractivity contribution is 5.75. The third kappa shape index (κ3) is 2.51. The summed E-state index contributed by atoms with van der Waals surface area (Å²) in [5.74, 6) is 0. The minimum atomic E-state index is 0.899. The predicted octanol–water partition coefficient (Wildman–Crippen LogP) is 2.87. The van der Waals surface area contributed by atoms with Crippen LogP contribution >= 0.6 is 0 Å². The molecule has 1 aromatic carbocycles. The fraction of sp³-hybridized carbons (Fsp3) is 0.188. The van der Waals surface area contributed by atoms with E-state index in [0.29, 0.717) is 0 Å². The number of H-pyrrole nitrogens is 1. The van der Waals surface area contributed by atoms with Crippen LogP contribution in [0.25, 0.3) is 11.0 Å². The van der Waals surface area contributed by atoms with Gasteiger partial charge in [0.2, 0.25) is 0 Å². The second-order valence-corrected chi connectivity index (χ2v) is 4.73. The first kappa shape index (κ1) is 11.9. The quantitative estimate of drug-likeness (QED) is 0.748. The van der Waals surface area contributed by atoms with E-state index in [9.17, 15) is 0 Å². The number of rotatable bonds is 4. The topological polar surface area (TPSA) is 40.7 Å². The van der Waals surface area contributed by atoms with E-state index in [1.165, 1.54) is 22.1 Å². The van der Waals surface area contributed by atoms with Gasteiger partial charge in [0.25, 0.3) is 0 Å². The molecule has 0 radical (unpaired) electrons. The summed E-state index contributed by atoms with van der Waals surface area (Å²) < 4.78 is 0. The lowest BCUT2D eigenvalue weighted by molar-refractivity contribution is 0.807. The summed E-state index contributed by atoms with van der Waals surface area (Å²) in [5, 5.41) is 4.39. The molecule has 0 aliphatic carbocycles. The van der Waals surface area contributed by atoms with Crippen LogP contribution in [-0.2, 0) is 13.0 Å². The highest BCUT2D eigenvalue weighted by atomic mass is 14.8. The fourth-order valence-electron chi connectivity index (χ4n) is 2.39. The number of benzene rings is 1. The number of nitrogens with zero attached hydrogens (tertiary/aromatic N) is 1. The zero-order valence-corrected chi connectivity index (χ0v) is 11.0. The third-order valence-corrected chi connectivity index (χ3v) is 3.34. The van der Waals surface area contributed by atoms with E-state index in [-0.39, 0.29) is 0 Å². The Hall–Kier alpha value is -2.13. The Labute approximate surface area is 112 Å². The molecular weight excluding hydrogens is 234 g/mol. The van der Waals surface area contributed by atoms with E-state index in [4.69, 9.17) is 0 Å². The van der Waals surface area contributed by atoms with Crippen LogP contribution in [0.1, 0.15) is 16.7 Å². The lowest BCUT2D eigenvalue weighted by Crippen LogP contribution is -2.07. The zero-order chi connectivity index (χ0) is 13.1. The van der Waals surface area contributed by atoms with Gasteiger partial charge in [-0.05, 0) is 42.3 Å². The summed E-state index contributed by atoms with van der Waals surface area (Å²) >= 11 is 0. The van der Waals surface area contributed by atoms with Crippen molar-refractivity contribution in [3.63, 3.8) is 0 Å². The SMILES string of the molecule is CNCc1ccccc1Cc1cnc2[nH]ccc2c1. The molecule has 2 aromatic heterocycles. The Kier molecular flexibility index (Phi) is 3.29. The number of aromatic amines is 1. The van der Waals surface area contributed by atoms with Crippen LogP contribution in [0.5, 0.6) is 0 Å². The van der Waals surface area contributed by atoms with Crippen LogP contribution in [-0.4, -0.2) is 17.0 Å². The van der Waals surface area contributed by atoms with E-state index in [1.807, 2.05) is 19.4 Å². The van der Waals surface area contributed by atoms with Gasteiger partial charge in [0.05, 0.1) is 0 Å². The van der Waals surface area contributed by atoms with Gasteiger partial charge in [-0.1, -0.05) is 24.3 Å². The van der Waals surface area contributed by atoms with Crippen molar-refractivity contribution in [1.29, 1.82) is 0 Å². The summed E-state index contributed by atoms with van der Waals surface area (Å²) in [7, 11) is 1.98. The van der Waals surface area contributed by atoms with Crippen molar-refractivity contribution in [1.82, 2.24) is 15.3 Å². The molecule has 0 spiro atoms. The maximum atomic E-state index is 4.44. The number of hydrogen-bond acceptors (Lipinski definition) is 2. The summed E-state index contributed by atoms with van der Waals surface area (Å²) in [4.78, 5) is 7.56. The normalized spacial score (nSPS) is 11.0. The molecule has 3 nitrogen and oxygen atoms in total. The van der Waals surface area contributed by atoms with Gasteiger partial charge in [0.15, 0.2) is 0 Å². The average Bonchev–Trinajstić information content (AvgIpc) is 2.89. The molecule has 3 rings (SSSR count). The second-order valence-electron chi connectivity index (χ2n) is 4.73. The number of hydrogen-bond donors (Lipinski definition) is 2. The molecule has 0 saturated carbocycles. The Balaban J connectivity index is 1.91. The van der Waals surface area contributed by atoms with Crippen molar-refractivity contribution in [2.24, 2.45) is 0 Å². The Morgan fingerprint density at radius 3 is 2.84 bits per heavy atom. The minimum absolute atomic E-state index is 0.899. The molecule has 0 fully saturated rings. The molecule has 0 atom stereocenters. The molecule has 0 aliphatic heterocycles. The predicted molar refractivity (Wildman–Crippen MR) is 78.1 cm³/mol. The first-order chi connectivity index (χ1) is 9.36. The third-order valence-electron chi connectivity index (χ3n) is 3.34. The molecular formula is C16H17N3. The van der Waals surface area contributed by atoms with Crippen LogP contribution in [0.4, 0.5) is 0 Å². The Morgan fingerprint density at radius 2 is 2.00 bits per heavy atom. The van der Waals surface area contributed by atoms with Gasteiger partial charge in [-0.15, -0.1) is 0 Å². The molecule has 0 amide bonds. The molecule has 19 heavy (non-hydrogen) atoms. The van der Waals surface area contributed by atoms with Gasteiger partial charge in [-0.25, -0.2) is 4.98 Å². The van der Waals surface area contributed by atoms with E-state index in [0.717, 1.165) is 18.6 Å². The number of fused-ring (bicyclic) bond motifs is 1. The summed E-state index contributed by atoms with van der Waals surface area (Å²) in [6.07, 6.45) is 4.80. The van der Waals surface area contributed by atoms with Gasteiger partial charge in [0, 0.05) is 24.3 Å². The lowest BCUT2D eigenvalue weighted by Gasteiger charge is -2.09. The molecule has 0 aliphatic rings. The maximum absolute atomic E-state index is 4.44. The maximum Gasteiger partial charge on any atom is 0.137 e. The van der Waals surface area contributed by atoms with Crippen molar-refractivity contribution < 1.29 is 0 Å². The van der Waals surface area contributed by atoms with E-state index < -0.39 is 0 Å². The smallest absolute Gasteiger partial charge is 0.137 e. The number of aromatic nitrogens is 2. The van der Waals surface area contributed by atoms with Crippen molar-refractivity contribution in [3.8, 4) is 0 Å². The highest BCUT2D eigenvalue weighted by Crippen LogP contribution is 2.17. The number of pyridine rings is 1. The molecule has 3 heteroatoms. The summed E-state index contributed by atoms with van der Waals surface area (Å²) in [6.45, 7) is 0.899. The van der Waals surface area contributed by atoms with Gasteiger partial charge < -0.3 is 10.3 Å². The first-order valence-corrected chi connectivity index (χ1v) is 6.50. The van der Waals surface area contributed by atoms with Crippen molar-refractivity contribution >= 4 is 11.0 Å². The Bertz CT molecular complexity index is 685. The lowest BCUT2D eigenvalue weighted by atomic mass is 10.0. The van der Waals surface area contributed by atoms with Crippen molar-refractivity contribution in [2.45, 2.75) is 13.0 Å².